The number of rotatable bonds is 5. The Kier molecular flexibility index (Phi) is 4.79. The van der Waals surface area contributed by atoms with Gasteiger partial charge in [-0.3, -0.25) is 4.79 Å². The summed E-state index contributed by atoms with van der Waals surface area (Å²) in [4.78, 5) is 14.2. The summed E-state index contributed by atoms with van der Waals surface area (Å²) in [6, 6.07) is 9.66. The lowest BCUT2D eigenvalue weighted by Crippen LogP contribution is -2.21. The average Bonchev–Trinajstić information content (AvgIpc) is 2.86. The Morgan fingerprint density at radius 2 is 2.00 bits per heavy atom. The van der Waals surface area contributed by atoms with E-state index in [-0.39, 0.29) is 5.91 Å². The molecule has 2 rings (SSSR count). The number of benzene rings is 1. The van der Waals surface area contributed by atoms with Gasteiger partial charge in [0.15, 0.2) is 0 Å². The molecule has 3 nitrogen and oxygen atoms in total. The number of hydrogen-bond acceptors (Lipinski definition) is 3. The van der Waals surface area contributed by atoms with Crippen LogP contribution in [0.25, 0.3) is 0 Å². The van der Waals surface area contributed by atoms with Crippen molar-refractivity contribution in [1.82, 2.24) is 5.32 Å². The van der Waals surface area contributed by atoms with Gasteiger partial charge >= 0.3 is 0 Å². The van der Waals surface area contributed by atoms with Gasteiger partial charge in [0.1, 0.15) is 5.75 Å². The molecule has 0 aliphatic carbocycles. The normalized spacial score (nSPS) is 10.3. The van der Waals surface area contributed by atoms with Gasteiger partial charge in [-0.1, -0.05) is 19.1 Å². The van der Waals surface area contributed by atoms with E-state index in [0.717, 1.165) is 22.6 Å². The predicted octanol–water partition coefficient (Wildman–Crippen LogP) is 3.56. The number of ether oxygens (including phenoxy) is 1. The molecule has 1 heterocycles. The van der Waals surface area contributed by atoms with Gasteiger partial charge in [0.05, 0.1) is 12.0 Å². The van der Waals surface area contributed by atoms with Crippen LogP contribution in [0.2, 0.25) is 0 Å². The molecule has 0 aliphatic rings. The van der Waals surface area contributed by atoms with Gasteiger partial charge in [0, 0.05) is 11.4 Å². The molecule has 0 saturated carbocycles. The molecule has 1 amide bonds. The molecule has 0 atom stereocenters. The standard InChI is InChI=1S/C16H19NO2S/c1-4-14-11(2)9-15(20-14)16(18)17-10-12-5-7-13(19-3)8-6-12/h5-9H,4,10H2,1-3H3,(H,17,18). The van der Waals surface area contributed by atoms with E-state index in [1.165, 1.54) is 10.4 Å². The van der Waals surface area contributed by atoms with Crippen LogP contribution in [0.5, 0.6) is 5.75 Å². The van der Waals surface area contributed by atoms with Gasteiger partial charge in [0.2, 0.25) is 0 Å². The van der Waals surface area contributed by atoms with Gasteiger partial charge in [0.25, 0.3) is 5.91 Å². The van der Waals surface area contributed by atoms with Crippen molar-refractivity contribution >= 4 is 17.2 Å². The summed E-state index contributed by atoms with van der Waals surface area (Å²) in [6.45, 7) is 4.69. The summed E-state index contributed by atoms with van der Waals surface area (Å²) in [7, 11) is 1.64. The third-order valence-corrected chi connectivity index (χ3v) is 4.56. The minimum absolute atomic E-state index is 0.00591. The quantitative estimate of drug-likeness (QED) is 0.914. The van der Waals surface area contributed by atoms with E-state index in [0.29, 0.717) is 6.54 Å². The average molecular weight is 289 g/mol. The van der Waals surface area contributed by atoms with Crippen LogP contribution in [-0.4, -0.2) is 13.0 Å². The van der Waals surface area contributed by atoms with E-state index in [4.69, 9.17) is 4.74 Å². The zero-order valence-corrected chi connectivity index (χ0v) is 12.8. The second kappa shape index (κ2) is 6.57. The molecule has 0 bridgehead atoms. The van der Waals surface area contributed by atoms with Crippen LogP contribution < -0.4 is 10.1 Å². The number of carbonyl (C=O) groups excluding carboxylic acids is 1. The van der Waals surface area contributed by atoms with E-state index < -0.39 is 0 Å². The van der Waals surface area contributed by atoms with Gasteiger partial charge in [-0.25, -0.2) is 0 Å². The van der Waals surface area contributed by atoms with Crippen molar-refractivity contribution in [2.45, 2.75) is 26.8 Å². The molecule has 0 saturated heterocycles. The summed E-state index contributed by atoms with van der Waals surface area (Å²) in [5.74, 6) is 0.815. The lowest BCUT2D eigenvalue weighted by molar-refractivity contribution is 0.0955. The Bertz CT molecular complexity index is 587. The van der Waals surface area contributed by atoms with E-state index in [9.17, 15) is 4.79 Å². The van der Waals surface area contributed by atoms with E-state index >= 15 is 0 Å². The summed E-state index contributed by atoms with van der Waals surface area (Å²) in [5.41, 5.74) is 2.26. The van der Waals surface area contributed by atoms with Crippen molar-refractivity contribution in [2.24, 2.45) is 0 Å². The Morgan fingerprint density at radius 3 is 2.55 bits per heavy atom. The van der Waals surface area contributed by atoms with E-state index in [1.54, 1.807) is 18.4 Å². The van der Waals surface area contributed by atoms with Gasteiger partial charge in [-0.05, 0) is 42.7 Å². The lowest BCUT2D eigenvalue weighted by atomic mass is 10.2. The van der Waals surface area contributed by atoms with Crippen LogP contribution in [-0.2, 0) is 13.0 Å². The predicted molar refractivity (Wildman–Crippen MR) is 82.6 cm³/mol. The number of hydrogen-bond donors (Lipinski definition) is 1. The first-order valence-corrected chi connectivity index (χ1v) is 7.46. The smallest absolute Gasteiger partial charge is 0.261 e. The van der Waals surface area contributed by atoms with Gasteiger partial charge in [-0.2, -0.15) is 0 Å². The van der Waals surface area contributed by atoms with Crippen molar-refractivity contribution in [3.8, 4) is 5.75 Å². The highest BCUT2D eigenvalue weighted by Crippen LogP contribution is 2.22. The van der Waals surface area contributed by atoms with Crippen LogP contribution in [0.4, 0.5) is 0 Å². The van der Waals surface area contributed by atoms with Crippen LogP contribution in [0.1, 0.15) is 32.6 Å². The molecule has 4 heteroatoms. The van der Waals surface area contributed by atoms with E-state index in [1.807, 2.05) is 30.3 Å². The molecule has 20 heavy (non-hydrogen) atoms. The number of amides is 1. The molecule has 1 N–H and O–H groups in total. The van der Waals surface area contributed by atoms with E-state index in [2.05, 4.69) is 19.2 Å². The van der Waals surface area contributed by atoms with Crippen molar-refractivity contribution < 1.29 is 9.53 Å². The zero-order valence-electron chi connectivity index (χ0n) is 12.0. The summed E-state index contributed by atoms with van der Waals surface area (Å²) in [6.07, 6.45) is 0.974. The molecule has 0 spiro atoms. The molecule has 0 radical (unpaired) electrons. The molecule has 1 aromatic heterocycles. The van der Waals surface area contributed by atoms with Crippen LogP contribution in [0.3, 0.4) is 0 Å². The van der Waals surface area contributed by atoms with Crippen molar-refractivity contribution in [3.05, 3.63) is 51.2 Å². The highest BCUT2D eigenvalue weighted by atomic mass is 32.1. The first kappa shape index (κ1) is 14.6. The molecular formula is C16H19NO2S. The minimum atomic E-state index is -0.00591. The first-order valence-electron chi connectivity index (χ1n) is 6.64. The van der Waals surface area contributed by atoms with Crippen LogP contribution >= 0.6 is 11.3 Å². The summed E-state index contributed by atoms with van der Waals surface area (Å²) in [5, 5.41) is 2.95. The molecule has 0 unspecified atom stereocenters. The first-order chi connectivity index (χ1) is 9.63. The number of carbonyl (C=O) groups is 1. The zero-order chi connectivity index (χ0) is 14.5. The Hall–Kier alpha value is -1.81. The lowest BCUT2D eigenvalue weighted by Gasteiger charge is -2.05. The maximum Gasteiger partial charge on any atom is 0.261 e. The molecular weight excluding hydrogens is 270 g/mol. The minimum Gasteiger partial charge on any atom is -0.497 e. The fourth-order valence-corrected chi connectivity index (χ4v) is 3.03. The van der Waals surface area contributed by atoms with Crippen molar-refractivity contribution in [3.63, 3.8) is 0 Å². The number of aryl methyl sites for hydroxylation is 2. The van der Waals surface area contributed by atoms with Crippen LogP contribution in [0, 0.1) is 6.92 Å². The summed E-state index contributed by atoms with van der Waals surface area (Å²) < 4.78 is 5.11. The molecule has 1 aromatic carbocycles. The third kappa shape index (κ3) is 3.39. The highest BCUT2D eigenvalue weighted by Gasteiger charge is 2.11. The fraction of sp³-hybridized carbons (Fsp3) is 0.312. The number of nitrogens with one attached hydrogen (secondary N) is 1. The second-order valence-electron chi connectivity index (χ2n) is 4.60. The molecule has 0 aliphatic heterocycles. The largest absolute Gasteiger partial charge is 0.497 e. The maximum absolute atomic E-state index is 12.1. The second-order valence-corrected chi connectivity index (χ2v) is 5.74. The number of thiophene rings is 1. The highest BCUT2D eigenvalue weighted by molar-refractivity contribution is 7.14. The SMILES string of the molecule is CCc1sc(C(=O)NCc2ccc(OC)cc2)cc1C. The molecule has 2 aromatic rings. The topological polar surface area (TPSA) is 38.3 Å². The van der Waals surface area contributed by atoms with Crippen molar-refractivity contribution in [2.75, 3.05) is 7.11 Å². The molecule has 106 valence electrons. The van der Waals surface area contributed by atoms with Crippen molar-refractivity contribution in [1.29, 1.82) is 0 Å². The Balaban J connectivity index is 1.96. The Labute approximate surface area is 123 Å². The maximum atomic E-state index is 12.1. The fourth-order valence-electron chi connectivity index (χ4n) is 2.00. The van der Waals surface area contributed by atoms with Gasteiger partial charge < -0.3 is 10.1 Å². The monoisotopic (exact) mass is 289 g/mol. The van der Waals surface area contributed by atoms with Gasteiger partial charge in [-0.15, -0.1) is 11.3 Å². The molecule has 0 fully saturated rings. The third-order valence-electron chi connectivity index (χ3n) is 3.18. The Morgan fingerprint density at radius 1 is 1.30 bits per heavy atom. The summed E-state index contributed by atoms with van der Waals surface area (Å²) >= 11 is 1.58. The number of methoxy groups -OCH3 is 1. The van der Waals surface area contributed by atoms with Crippen LogP contribution in [0.15, 0.2) is 30.3 Å².